The molecule has 0 bridgehead atoms. The molecule has 0 saturated carbocycles. The van der Waals surface area contributed by atoms with Crippen LogP contribution in [0.25, 0.3) is 0 Å². The second-order valence-corrected chi connectivity index (χ2v) is 4.32. The van der Waals surface area contributed by atoms with Crippen molar-refractivity contribution in [2.24, 2.45) is 0 Å². The minimum absolute atomic E-state index is 0.0404. The number of rotatable bonds is 6. The lowest BCUT2D eigenvalue weighted by Gasteiger charge is -2.14. The van der Waals surface area contributed by atoms with Gasteiger partial charge in [-0.05, 0) is 30.3 Å². The molecule has 0 aromatic heterocycles. The van der Waals surface area contributed by atoms with Crippen molar-refractivity contribution in [3.05, 3.63) is 41.5 Å². The number of phenols is 1. The van der Waals surface area contributed by atoms with Crippen LogP contribution < -0.4 is 14.2 Å². The largest absolute Gasteiger partial charge is 0.502 e. The molecule has 22 heavy (non-hydrogen) atoms. The van der Waals surface area contributed by atoms with Gasteiger partial charge in [0.25, 0.3) is 0 Å². The molecule has 0 aliphatic carbocycles. The van der Waals surface area contributed by atoms with Crippen molar-refractivity contribution in [3.63, 3.8) is 0 Å². The summed E-state index contributed by atoms with van der Waals surface area (Å²) in [6.45, 7) is 0. The fourth-order valence-corrected chi connectivity index (χ4v) is 1.86. The summed E-state index contributed by atoms with van der Waals surface area (Å²) in [4.78, 5) is 21.7. The van der Waals surface area contributed by atoms with Crippen molar-refractivity contribution in [1.29, 1.82) is 0 Å². The lowest BCUT2D eigenvalue weighted by Crippen LogP contribution is -1.95. The van der Waals surface area contributed by atoms with Crippen molar-refractivity contribution in [3.8, 4) is 28.7 Å². The predicted octanol–water partition coefficient (Wildman–Crippen LogP) is 2.83. The van der Waals surface area contributed by atoms with Crippen LogP contribution in [-0.4, -0.2) is 31.9 Å². The van der Waals surface area contributed by atoms with Crippen molar-refractivity contribution in [2.75, 3.05) is 14.2 Å². The van der Waals surface area contributed by atoms with Crippen molar-refractivity contribution >= 4 is 12.6 Å². The summed E-state index contributed by atoms with van der Waals surface area (Å²) in [6.07, 6.45) is 1.29. The van der Waals surface area contributed by atoms with E-state index in [9.17, 15) is 14.7 Å². The zero-order valence-electron chi connectivity index (χ0n) is 12.0. The second-order valence-electron chi connectivity index (χ2n) is 4.32. The standard InChI is InChI=1S/C16H14O6/c1-20-13-5-10(8-17)3-4-12(13)22-15-7-11(9-18)6-14(21-2)16(15)19/h3-9,19H,1-2H3. The number of aldehydes is 2. The molecule has 0 fully saturated rings. The van der Waals surface area contributed by atoms with Crippen LogP contribution in [0.2, 0.25) is 0 Å². The number of hydrogen-bond acceptors (Lipinski definition) is 6. The fraction of sp³-hybridized carbons (Fsp3) is 0.125. The first kappa shape index (κ1) is 15.4. The van der Waals surface area contributed by atoms with Gasteiger partial charge in [-0.2, -0.15) is 0 Å². The van der Waals surface area contributed by atoms with Crippen molar-refractivity contribution < 1.29 is 28.9 Å². The Balaban J connectivity index is 2.46. The van der Waals surface area contributed by atoms with Gasteiger partial charge in [0.2, 0.25) is 5.75 Å². The highest BCUT2D eigenvalue weighted by atomic mass is 16.5. The number of phenolic OH excluding ortho intramolecular Hbond substituents is 1. The molecular weight excluding hydrogens is 288 g/mol. The first-order valence-corrected chi connectivity index (χ1v) is 6.30. The van der Waals surface area contributed by atoms with E-state index in [1.54, 1.807) is 6.07 Å². The Kier molecular flexibility index (Phi) is 4.63. The summed E-state index contributed by atoms with van der Waals surface area (Å²) in [5.41, 5.74) is 0.709. The minimum Gasteiger partial charge on any atom is -0.502 e. The topological polar surface area (TPSA) is 82.1 Å². The quantitative estimate of drug-likeness (QED) is 0.826. The van der Waals surface area contributed by atoms with Crippen LogP contribution in [0.5, 0.6) is 28.7 Å². The monoisotopic (exact) mass is 302 g/mol. The smallest absolute Gasteiger partial charge is 0.201 e. The van der Waals surface area contributed by atoms with E-state index in [0.717, 1.165) is 0 Å². The molecule has 0 amide bonds. The number of benzene rings is 2. The van der Waals surface area contributed by atoms with Crippen LogP contribution in [0.15, 0.2) is 30.3 Å². The van der Waals surface area contributed by atoms with Gasteiger partial charge in [-0.3, -0.25) is 9.59 Å². The summed E-state index contributed by atoms with van der Waals surface area (Å²) >= 11 is 0. The van der Waals surface area contributed by atoms with E-state index in [0.29, 0.717) is 23.9 Å². The first-order valence-electron chi connectivity index (χ1n) is 6.30. The second kappa shape index (κ2) is 6.62. The Morgan fingerprint density at radius 3 is 2.00 bits per heavy atom. The summed E-state index contributed by atoms with van der Waals surface area (Å²) in [6, 6.07) is 7.34. The van der Waals surface area contributed by atoms with Gasteiger partial charge in [-0.1, -0.05) is 0 Å². The van der Waals surface area contributed by atoms with E-state index < -0.39 is 0 Å². The van der Waals surface area contributed by atoms with Crippen LogP contribution in [0.4, 0.5) is 0 Å². The van der Waals surface area contributed by atoms with Crippen LogP contribution >= 0.6 is 0 Å². The number of carbonyl (C=O) groups is 2. The fourth-order valence-electron chi connectivity index (χ4n) is 1.86. The molecule has 0 saturated heterocycles. The number of ether oxygens (including phenoxy) is 3. The Morgan fingerprint density at radius 1 is 0.818 bits per heavy atom. The molecule has 0 unspecified atom stereocenters. The zero-order valence-corrected chi connectivity index (χ0v) is 12.0. The molecule has 0 atom stereocenters. The van der Waals surface area contributed by atoms with E-state index in [-0.39, 0.29) is 28.6 Å². The van der Waals surface area contributed by atoms with Crippen molar-refractivity contribution in [2.45, 2.75) is 0 Å². The predicted molar refractivity (Wildman–Crippen MR) is 78.5 cm³/mol. The molecule has 0 aliphatic heterocycles. The molecule has 1 N–H and O–H groups in total. The average Bonchev–Trinajstić information content (AvgIpc) is 2.56. The normalized spacial score (nSPS) is 9.91. The molecule has 6 nitrogen and oxygen atoms in total. The highest BCUT2D eigenvalue weighted by molar-refractivity contribution is 5.79. The molecule has 0 heterocycles. The Morgan fingerprint density at radius 2 is 1.41 bits per heavy atom. The first-order chi connectivity index (χ1) is 10.6. The Bertz CT molecular complexity index is 708. The van der Waals surface area contributed by atoms with E-state index >= 15 is 0 Å². The Hall–Kier alpha value is -3.02. The maximum atomic E-state index is 10.9. The van der Waals surface area contributed by atoms with E-state index in [1.165, 1.54) is 38.5 Å². The number of aromatic hydroxyl groups is 1. The van der Waals surface area contributed by atoms with Crippen LogP contribution in [0, 0.1) is 0 Å². The molecule has 6 heteroatoms. The SMILES string of the molecule is COc1cc(C=O)ccc1Oc1cc(C=O)cc(OC)c1O. The van der Waals surface area contributed by atoms with Crippen LogP contribution in [-0.2, 0) is 0 Å². The summed E-state index contributed by atoms with van der Waals surface area (Å²) in [5, 5.41) is 10.1. The van der Waals surface area contributed by atoms with E-state index in [1.807, 2.05) is 0 Å². The molecule has 2 rings (SSSR count). The summed E-state index contributed by atoms with van der Waals surface area (Å²) in [7, 11) is 2.80. The number of hydrogen-bond donors (Lipinski definition) is 1. The van der Waals surface area contributed by atoms with Gasteiger partial charge in [0, 0.05) is 11.1 Å². The molecule has 2 aromatic rings. The lowest BCUT2D eigenvalue weighted by atomic mass is 10.2. The van der Waals surface area contributed by atoms with Crippen LogP contribution in [0.3, 0.4) is 0 Å². The number of methoxy groups -OCH3 is 2. The van der Waals surface area contributed by atoms with Gasteiger partial charge < -0.3 is 19.3 Å². The minimum atomic E-state index is -0.241. The third kappa shape index (κ3) is 3.01. The maximum absolute atomic E-state index is 10.9. The lowest BCUT2D eigenvalue weighted by molar-refractivity contribution is 0.111. The average molecular weight is 302 g/mol. The van der Waals surface area contributed by atoms with Gasteiger partial charge in [0.05, 0.1) is 14.2 Å². The number of carbonyl (C=O) groups excluding carboxylic acids is 2. The third-order valence-electron chi connectivity index (χ3n) is 2.96. The Labute approximate surface area is 126 Å². The molecule has 0 radical (unpaired) electrons. The van der Waals surface area contributed by atoms with E-state index in [4.69, 9.17) is 14.2 Å². The van der Waals surface area contributed by atoms with Gasteiger partial charge in [0.1, 0.15) is 12.6 Å². The highest BCUT2D eigenvalue weighted by Crippen LogP contribution is 2.41. The van der Waals surface area contributed by atoms with Gasteiger partial charge in [-0.15, -0.1) is 0 Å². The maximum Gasteiger partial charge on any atom is 0.201 e. The third-order valence-corrected chi connectivity index (χ3v) is 2.96. The van der Waals surface area contributed by atoms with E-state index in [2.05, 4.69) is 0 Å². The van der Waals surface area contributed by atoms with Crippen molar-refractivity contribution in [1.82, 2.24) is 0 Å². The van der Waals surface area contributed by atoms with Crippen LogP contribution in [0.1, 0.15) is 20.7 Å². The molecule has 114 valence electrons. The van der Waals surface area contributed by atoms with Gasteiger partial charge >= 0.3 is 0 Å². The molecular formula is C16H14O6. The van der Waals surface area contributed by atoms with Gasteiger partial charge in [0.15, 0.2) is 23.0 Å². The highest BCUT2D eigenvalue weighted by Gasteiger charge is 2.15. The molecule has 2 aromatic carbocycles. The summed E-state index contributed by atoms with van der Waals surface area (Å²) in [5.74, 6) is 0.518. The van der Waals surface area contributed by atoms with Gasteiger partial charge in [-0.25, -0.2) is 0 Å². The zero-order chi connectivity index (χ0) is 16.1. The molecule has 0 aliphatic rings. The summed E-state index contributed by atoms with van der Waals surface area (Å²) < 4.78 is 15.7. The molecule has 0 spiro atoms.